The molecule has 0 spiro atoms. The summed E-state index contributed by atoms with van der Waals surface area (Å²) < 4.78 is 23.8. The first-order valence-electron chi connectivity index (χ1n) is 5.77. The van der Waals surface area contributed by atoms with Gasteiger partial charge in [0, 0.05) is 6.04 Å². The molecule has 1 N–H and O–H groups in total. The Morgan fingerprint density at radius 2 is 1.67 bits per heavy atom. The minimum Gasteiger partial charge on any atom is -0.316 e. The first-order chi connectivity index (χ1) is 6.88. The van der Waals surface area contributed by atoms with Crippen LogP contribution in [-0.4, -0.2) is 32.5 Å². The zero-order valence-electron chi connectivity index (χ0n) is 10.6. The summed E-state index contributed by atoms with van der Waals surface area (Å²) in [4.78, 5) is 0. The normalized spacial score (nSPS) is 18.5. The van der Waals surface area contributed by atoms with Crippen molar-refractivity contribution in [2.45, 2.75) is 51.8 Å². The molecule has 0 bridgehead atoms. The van der Waals surface area contributed by atoms with Crippen molar-refractivity contribution in [3.8, 4) is 0 Å². The lowest BCUT2D eigenvalue weighted by Crippen LogP contribution is -2.40. The molecule has 0 saturated heterocycles. The maximum atomic E-state index is 11.9. The van der Waals surface area contributed by atoms with Crippen LogP contribution < -0.4 is 5.32 Å². The number of nitrogens with one attached hydrogen (secondary N) is 1. The van der Waals surface area contributed by atoms with E-state index in [9.17, 15) is 8.42 Å². The third-order valence-corrected chi connectivity index (χ3v) is 5.68. The van der Waals surface area contributed by atoms with Gasteiger partial charge in [0.15, 0.2) is 9.84 Å². The Hall–Kier alpha value is -0.0900. The Balaban J connectivity index is 4.54. The number of sulfone groups is 1. The third-order valence-electron chi connectivity index (χ3n) is 3.30. The third kappa shape index (κ3) is 4.51. The molecule has 0 radical (unpaired) electrons. The van der Waals surface area contributed by atoms with E-state index in [0.29, 0.717) is 12.3 Å². The van der Waals surface area contributed by atoms with E-state index >= 15 is 0 Å². The predicted molar refractivity (Wildman–Crippen MR) is 65.8 cm³/mol. The van der Waals surface area contributed by atoms with Crippen LogP contribution in [0.4, 0.5) is 0 Å². The molecule has 3 unspecified atom stereocenters. The molecule has 0 fully saturated rings. The summed E-state index contributed by atoms with van der Waals surface area (Å²) in [5.74, 6) is 0.655. The van der Waals surface area contributed by atoms with Crippen molar-refractivity contribution in [2.24, 2.45) is 5.92 Å². The average Bonchev–Trinajstić information content (AvgIpc) is 2.23. The van der Waals surface area contributed by atoms with Crippen LogP contribution >= 0.6 is 0 Å². The molecule has 0 aromatic carbocycles. The van der Waals surface area contributed by atoms with Crippen molar-refractivity contribution in [1.29, 1.82) is 0 Å². The monoisotopic (exact) mass is 235 g/mol. The SMILES string of the molecule is CCC(C)C(CS(=O)(=O)C(C)CC)NC. The minimum atomic E-state index is -2.94. The van der Waals surface area contributed by atoms with E-state index in [4.69, 9.17) is 0 Å². The highest BCUT2D eigenvalue weighted by Gasteiger charge is 2.25. The number of hydrogen-bond donors (Lipinski definition) is 1. The Labute approximate surface area is 94.6 Å². The van der Waals surface area contributed by atoms with E-state index in [1.54, 1.807) is 6.92 Å². The molecule has 0 aromatic rings. The maximum absolute atomic E-state index is 11.9. The van der Waals surface area contributed by atoms with Crippen molar-refractivity contribution in [3.05, 3.63) is 0 Å². The van der Waals surface area contributed by atoms with Crippen LogP contribution in [0.5, 0.6) is 0 Å². The van der Waals surface area contributed by atoms with E-state index in [2.05, 4.69) is 19.2 Å². The lowest BCUT2D eigenvalue weighted by atomic mass is 10.0. The van der Waals surface area contributed by atoms with Gasteiger partial charge in [0.1, 0.15) is 0 Å². The van der Waals surface area contributed by atoms with Gasteiger partial charge >= 0.3 is 0 Å². The molecule has 0 aromatic heterocycles. The van der Waals surface area contributed by atoms with E-state index in [1.165, 1.54) is 0 Å². The van der Waals surface area contributed by atoms with Crippen LogP contribution in [0.1, 0.15) is 40.5 Å². The standard InChI is InChI=1S/C11H25NO2S/c1-6-9(3)11(12-5)8-15(13,14)10(4)7-2/h9-12H,6-8H2,1-5H3. The molecular weight excluding hydrogens is 210 g/mol. The van der Waals surface area contributed by atoms with Gasteiger partial charge in [0.2, 0.25) is 0 Å². The van der Waals surface area contributed by atoms with Crippen LogP contribution in [-0.2, 0) is 9.84 Å². The highest BCUT2D eigenvalue weighted by molar-refractivity contribution is 7.92. The molecular formula is C11H25NO2S. The fourth-order valence-corrected chi connectivity index (χ4v) is 3.32. The number of hydrogen-bond acceptors (Lipinski definition) is 3. The second-order valence-corrected chi connectivity index (χ2v) is 6.79. The van der Waals surface area contributed by atoms with Crippen LogP contribution in [0.3, 0.4) is 0 Å². The fraction of sp³-hybridized carbons (Fsp3) is 1.00. The van der Waals surface area contributed by atoms with Crippen molar-refractivity contribution in [1.82, 2.24) is 5.32 Å². The smallest absolute Gasteiger partial charge is 0.154 e. The Morgan fingerprint density at radius 1 is 1.13 bits per heavy atom. The van der Waals surface area contributed by atoms with Gasteiger partial charge in [-0.2, -0.15) is 0 Å². The van der Waals surface area contributed by atoms with E-state index in [0.717, 1.165) is 6.42 Å². The van der Waals surface area contributed by atoms with E-state index in [1.807, 2.05) is 14.0 Å². The van der Waals surface area contributed by atoms with Crippen molar-refractivity contribution in [2.75, 3.05) is 12.8 Å². The Kier molecular flexibility index (Phi) is 6.44. The highest BCUT2D eigenvalue weighted by atomic mass is 32.2. The van der Waals surface area contributed by atoms with Gasteiger partial charge in [0.05, 0.1) is 11.0 Å². The molecule has 3 nitrogen and oxygen atoms in total. The van der Waals surface area contributed by atoms with Gasteiger partial charge < -0.3 is 5.32 Å². The molecule has 0 saturated carbocycles. The van der Waals surface area contributed by atoms with Crippen LogP contribution in [0.15, 0.2) is 0 Å². The topological polar surface area (TPSA) is 46.2 Å². The largest absolute Gasteiger partial charge is 0.316 e. The predicted octanol–water partition coefficient (Wildman–Crippen LogP) is 1.83. The molecule has 3 atom stereocenters. The summed E-state index contributed by atoms with van der Waals surface area (Å²) in [6.45, 7) is 7.89. The molecule has 0 aliphatic carbocycles. The van der Waals surface area contributed by atoms with E-state index in [-0.39, 0.29) is 17.0 Å². The fourth-order valence-electron chi connectivity index (χ4n) is 1.49. The highest BCUT2D eigenvalue weighted by Crippen LogP contribution is 2.14. The maximum Gasteiger partial charge on any atom is 0.154 e. The quantitative estimate of drug-likeness (QED) is 0.732. The summed E-state index contributed by atoms with van der Waals surface area (Å²) in [5.41, 5.74) is 0. The van der Waals surface area contributed by atoms with Gasteiger partial charge in [-0.3, -0.25) is 0 Å². The summed E-state index contributed by atoms with van der Waals surface area (Å²) in [5, 5.41) is 2.88. The lowest BCUT2D eigenvalue weighted by molar-refractivity contribution is 0.412. The molecule has 92 valence electrons. The molecule has 0 aliphatic heterocycles. The Morgan fingerprint density at radius 3 is 2.00 bits per heavy atom. The summed E-state index contributed by atoms with van der Waals surface area (Å²) in [6.07, 6.45) is 1.70. The molecule has 0 aliphatic rings. The van der Waals surface area contributed by atoms with Crippen molar-refractivity contribution >= 4 is 9.84 Å². The minimum absolute atomic E-state index is 0.0778. The summed E-state index contributed by atoms with van der Waals surface area (Å²) in [7, 11) is -1.10. The molecule has 0 rings (SSSR count). The first-order valence-corrected chi connectivity index (χ1v) is 7.49. The zero-order chi connectivity index (χ0) is 12.1. The molecule has 0 amide bonds. The van der Waals surface area contributed by atoms with Gasteiger partial charge in [0.25, 0.3) is 0 Å². The summed E-state index contributed by atoms with van der Waals surface area (Å²) in [6, 6.07) is 0.0778. The van der Waals surface area contributed by atoms with Crippen molar-refractivity contribution < 1.29 is 8.42 Å². The summed E-state index contributed by atoms with van der Waals surface area (Å²) >= 11 is 0. The van der Waals surface area contributed by atoms with Crippen LogP contribution in [0.25, 0.3) is 0 Å². The zero-order valence-corrected chi connectivity index (χ0v) is 11.4. The van der Waals surface area contributed by atoms with Crippen molar-refractivity contribution in [3.63, 3.8) is 0 Å². The molecule has 15 heavy (non-hydrogen) atoms. The van der Waals surface area contributed by atoms with Crippen LogP contribution in [0.2, 0.25) is 0 Å². The van der Waals surface area contributed by atoms with Gasteiger partial charge in [-0.15, -0.1) is 0 Å². The first kappa shape index (κ1) is 14.9. The van der Waals surface area contributed by atoms with Gasteiger partial charge in [-0.1, -0.05) is 27.2 Å². The van der Waals surface area contributed by atoms with Crippen LogP contribution in [0, 0.1) is 5.92 Å². The Bertz CT molecular complexity index is 262. The van der Waals surface area contributed by atoms with E-state index < -0.39 is 9.84 Å². The second kappa shape index (κ2) is 6.48. The number of rotatable bonds is 7. The molecule has 0 heterocycles. The lowest BCUT2D eigenvalue weighted by Gasteiger charge is -2.23. The van der Waals surface area contributed by atoms with Gasteiger partial charge in [-0.05, 0) is 26.3 Å². The molecule has 4 heteroatoms. The van der Waals surface area contributed by atoms with Gasteiger partial charge in [-0.25, -0.2) is 8.42 Å². The second-order valence-electron chi connectivity index (χ2n) is 4.33. The average molecular weight is 235 g/mol.